The van der Waals surface area contributed by atoms with Crippen LogP contribution in [0.4, 0.5) is 0 Å². The highest BCUT2D eigenvalue weighted by Crippen LogP contribution is 2.33. The first-order valence-corrected chi connectivity index (χ1v) is 5.28. The fourth-order valence-corrected chi connectivity index (χ4v) is 2.05. The first-order chi connectivity index (χ1) is 8.31. The molecule has 0 radical (unpaired) electrons. The van der Waals surface area contributed by atoms with Crippen molar-refractivity contribution in [3.8, 4) is 11.1 Å². The highest BCUT2D eigenvalue weighted by Gasteiger charge is 2.15. The minimum Gasteiger partial charge on any atom is -0.465 e. The number of carbonyl (C=O) groups is 1. The maximum absolute atomic E-state index is 11.6. The molecule has 3 rings (SSSR count). The van der Waals surface area contributed by atoms with Crippen LogP contribution >= 0.6 is 0 Å². The molecule has 0 fully saturated rings. The third-order valence-corrected chi connectivity index (χ3v) is 2.86. The minimum atomic E-state index is -0.384. The molecule has 0 saturated heterocycles. The number of rotatable bonds is 1. The van der Waals surface area contributed by atoms with E-state index in [4.69, 9.17) is 9.15 Å². The molecule has 84 valence electrons. The lowest BCUT2D eigenvalue weighted by Gasteiger charge is -2.07. The van der Waals surface area contributed by atoms with Crippen molar-refractivity contribution in [1.29, 1.82) is 0 Å². The van der Waals surface area contributed by atoms with Crippen molar-refractivity contribution in [3.05, 3.63) is 48.2 Å². The van der Waals surface area contributed by atoms with Crippen LogP contribution in [0.1, 0.15) is 10.4 Å². The van der Waals surface area contributed by atoms with Gasteiger partial charge in [0.2, 0.25) is 0 Å². The van der Waals surface area contributed by atoms with Crippen molar-refractivity contribution < 1.29 is 13.9 Å². The molecule has 0 atom stereocenters. The zero-order valence-corrected chi connectivity index (χ0v) is 9.27. The van der Waals surface area contributed by atoms with Crippen molar-refractivity contribution in [2.45, 2.75) is 0 Å². The molecule has 0 aromatic heterocycles. The smallest absolute Gasteiger partial charge is 0.341 e. The monoisotopic (exact) mass is 226 g/mol. The van der Waals surface area contributed by atoms with E-state index in [1.54, 1.807) is 12.3 Å². The third kappa shape index (κ3) is 1.40. The molecule has 17 heavy (non-hydrogen) atoms. The molecule has 0 spiro atoms. The maximum atomic E-state index is 11.6. The summed E-state index contributed by atoms with van der Waals surface area (Å²) in [6.07, 6.45) is 1.66. The van der Waals surface area contributed by atoms with Gasteiger partial charge in [-0.25, -0.2) is 4.79 Å². The number of esters is 1. The standard InChI is InChI=1S/C14H10O3/c1-16-14(15)12-7-3-6-11-10-5-2-4-9(10)8-17-13(11)12/h2-8H,1H3. The number of methoxy groups -OCH3 is 1. The topological polar surface area (TPSA) is 39.4 Å². The van der Waals surface area contributed by atoms with Crippen molar-refractivity contribution >= 4 is 16.9 Å². The van der Waals surface area contributed by atoms with Crippen molar-refractivity contribution in [2.75, 3.05) is 7.11 Å². The number of carbonyl (C=O) groups excluding carboxylic acids is 1. The molecule has 0 saturated carbocycles. The van der Waals surface area contributed by atoms with Crippen LogP contribution < -0.4 is 0 Å². The Bertz CT molecular complexity index is 666. The predicted molar refractivity (Wildman–Crippen MR) is 64.2 cm³/mol. The lowest BCUT2D eigenvalue weighted by atomic mass is 10.0. The molecule has 1 aliphatic heterocycles. The summed E-state index contributed by atoms with van der Waals surface area (Å²) in [6, 6.07) is 11.4. The third-order valence-electron chi connectivity index (χ3n) is 2.86. The summed E-state index contributed by atoms with van der Waals surface area (Å²) in [6.45, 7) is 0. The number of ether oxygens (including phenoxy) is 1. The van der Waals surface area contributed by atoms with Gasteiger partial charge in [0.05, 0.1) is 13.4 Å². The summed E-state index contributed by atoms with van der Waals surface area (Å²) in [5, 5.41) is 0.926. The van der Waals surface area contributed by atoms with Crippen molar-refractivity contribution in [2.24, 2.45) is 0 Å². The Morgan fingerprint density at radius 3 is 2.82 bits per heavy atom. The molecule has 2 aliphatic rings. The molecule has 0 bridgehead atoms. The van der Waals surface area contributed by atoms with Crippen molar-refractivity contribution in [1.82, 2.24) is 0 Å². The van der Waals surface area contributed by atoms with E-state index >= 15 is 0 Å². The highest BCUT2D eigenvalue weighted by molar-refractivity contribution is 6.06. The van der Waals surface area contributed by atoms with E-state index in [9.17, 15) is 4.79 Å². The minimum absolute atomic E-state index is 0.384. The number of para-hydroxylation sites is 1. The van der Waals surface area contributed by atoms with E-state index in [0.717, 1.165) is 16.5 Å². The fraction of sp³-hybridized carbons (Fsp3) is 0.0714. The molecule has 0 amide bonds. The second kappa shape index (κ2) is 3.63. The van der Waals surface area contributed by atoms with Crippen LogP contribution in [-0.2, 0) is 4.74 Å². The first kappa shape index (κ1) is 9.90. The Hall–Kier alpha value is -2.29. The Balaban J connectivity index is 2.40. The van der Waals surface area contributed by atoms with Gasteiger partial charge in [0.25, 0.3) is 0 Å². The molecular formula is C14H10O3. The van der Waals surface area contributed by atoms with Crippen LogP contribution in [0, 0.1) is 0 Å². The molecule has 0 unspecified atom stereocenters. The lowest BCUT2D eigenvalue weighted by molar-refractivity contribution is 0.0601. The normalized spacial score (nSPS) is 10.9. The van der Waals surface area contributed by atoms with E-state index in [1.165, 1.54) is 7.11 Å². The average molecular weight is 226 g/mol. The van der Waals surface area contributed by atoms with Gasteiger partial charge in [-0.2, -0.15) is 0 Å². The Labute approximate surface area is 97.9 Å². The van der Waals surface area contributed by atoms with Gasteiger partial charge in [-0.15, -0.1) is 0 Å². The van der Waals surface area contributed by atoms with Gasteiger partial charge >= 0.3 is 5.97 Å². The van der Waals surface area contributed by atoms with E-state index in [0.29, 0.717) is 11.1 Å². The van der Waals surface area contributed by atoms with Crippen LogP contribution in [0.2, 0.25) is 0 Å². The Kier molecular flexibility index (Phi) is 2.11. The molecule has 1 aromatic rings. The van der Waals surface area contributed by atoms with E-state index in [2.05, 4.69) is 0 Å². The molecule has 3 nitrogen and oxygen atoms in total. The lowest BCUT2D eigenvalue weighted by Crippen LogP contribution is -2.01. The zero-order valence-electron chi connectivity index (χ0n) is 9.27. The quantitative estimate of drug-likeness (QED) is 0.597. The first-order valence-electron chi connectivity index (χ1n) is 5.28. The summed E-state index contributed by atoms with van der Waals surface area (Å²) >= 11 is 0. The van der Waals surface area contributed by atoms with Gasteiger partial charge in [0.1, 0.15) is 11.1 Å². The summed E-state index contributed by atoms with van der Waals surface area (Å²) in [5.41, 5.74) is 3.13. The van der Waals surface area contributed by atoms with Crippen molar-refractivity contribution in [3.63, 3.8) is 0 Å². The number of fused-ring (bicyclic) bond motifs is 3. The van der Waals surface area contributed by atoms with E-state index < -0.39 is 0 Å². The van der Waals surface area contributed by atoms with Crippen LogP contribution in [0.15, 0.2) is 47.1 Å². The fourth-order valence-electron chi connectivity index (χ4n) is 2.05. The zero-order chi connectivity index (χ0) is 11.8. The molecule has 1 heterocycles. The molecule has 3 heteroatoms. The highest BCUT2D eigenvalue weighted by atomic mass is 16.5. The molecule has 0 N–H and O–H groups in total. The SMILES string of the molecule is COC(=O)c1cccc2c3cccc-3coc12. The number of hydrogen-bond donors (Lipinski definition) is 0. The second-order valence-electron chi connectivity index (χ2n) is 3.80. The van der Waals surface area contributed by atoms with Gasteiger partial charge in [0.15, 0.2) is 0 Å². The van der Waals surface area contributed by atoms with Gasteiger partial charge in [-0.1, -0.05) is 30.3 Å². The Morgan fingerprint density at radius 2 is 2.00 bits per heavy atom. The average Bonchev–Trinajstić information content (AvgIpc) is 2.85. The van der Waals surface area contributed by atoms with Crippen LogP contribution in [0.3, 0.4) is 0 Å². The van der Waals surface area contributed by atoms with Gasteiger partial charge < -0.3 is 9.15 Å². The van der Waals surface area contributed by atoms with Crippen LogP contribution in [0.25, 0.3) is 22.1 Å². The summed E-state index contributed by atoms with van der Waals surface area (Å²) in [7, 11) is 1.36. The summed E-state index contributed by atoms with van der Waals surface area (Å²) in [4.78, 5) is 11.6. The molecule has 1 aromatic carbocycles. The second-order valence-corrected chi connectivity index (χ2v) is 3.80. The van der Waals surface area contributed by atoms with Crippen LogP contribution in [-0.4, -0.2) is 13.1 Å². The predicted octanol–water partition coefficient (Wildman–Crippen LogP) is 3.32. The summed E-state index contributed by atoms with van der Waals surface area (Å²) < 4.78 is 10.3. The Morgan fingerprint density at radius 1 is 1.18 bits per heavy atom. The maximum Gasteiger partial charge on any atom is 0.341 e. The van der Waals surface area contributed by atoms with Gasteiger partial charge in [-0.05, 0) is 11.6 Å². The molecule has 1 aliphatic carbocycles. The van der Waals surface area contributed by atoms with E-state index in [-0.39, 0.29) is 5.97 Å². The molecular weight excluding hydrogens is 216 g/mol. The van der Waals surface area contributed by atoms with Gasteiger partial charge in [-0.3, -0.25) is 0 Å². The van der Waals surface area contributed by atoms with Crippen LogP contribution in [0.5, 0.6) is 0 Å². The largest absolute Gasteiger partial charge is 0.465 e. The number of hydrogen-bond acceptors (Lipinski definition) is 3. The van der Waals surface area contributed by atoms with E-state index in [1.807, 2.05) is 30.3 Å². The number of benzene rings is 1. The van der Waals surface area contributed by atoms with Gasteiger partial charge in [0, 0.05) is 10.9 Å². The summed E-state index contributed by atoms with van der Waals surface area (Å²) in [5.74, 6) is -0.384.